The van der Waals surface area contributed by atoms with Crippen LogP contribution >= 0.6 is 0 Å². The Morgan fingerprint density at radius 1 is 0.829 bits per heavy atom. The van der Waals surface area contributed by atoms with E-state index in [1.807, 2.05) is 24.3 Å². The molecule has 0 saturated carbocycles. The maximum atomic E-state index is 8.95. The summed E-state index contributed by atoms with van der Waals surface area (Å²) in [5, 5.41) is 8.95. The first-order valence-corrected chi connectivity index (χ1v) is 12.8. The molecule has 194 valence electrons. The van der Waals surface area contributed by atoms with Crippen molar-refractivity contribution in [3.63, 3.8) is 0 Å². The van der Waals surface area contributed by atoms with Crippen LogP contribution in [0.1, 0.15) is 75.3 Å². The number of benzene rings is 2. The SMILES string of the molecule is COCOc1ccc([C@@]2(C)COc3cc(OCOC)ccc3[C@H]2CCCCCCCCCO)cc1. The zero-order valence-electron chi connectivity index (χ0n) is 21.6. The Morgan fingerprint density at radius 2 is 1.43 bits per heavy atom. The number of aliphatic hydroxyl groups excluding tert-OH is 1. The second-order valence-corrected chi connectivity index (χ2v) is 9.57. The Balaban J connectivity index is 1.74. The normalized spacial score (nSPS) is 19.1. The highest BCUT2D eigenvalue weighted by atomic mass is 16.7. The third kappa shape index (κ3) is 7.60. The molecule has 2 aromatic carbocycles. The minimum atomic E-state index is -0.150. The lowest BCUT2D eigenvalue weighted by Gasteiger charge is -2.43. The minimum absolute atomic E-state index is 0.150. The van der Waals surface area contributed by atoms with E-state index in [1.54, 1.807) is 14.2 Å². The van der Waals surface area contributed by atoms with Crippen molar-refractivity contribution in [1.29, 1.82) is 0 Å². The first-order valence-electron chi connectivity index (χ1n) is 12.8. The monoisotopic (exact) mass is 486 g/mol. The van der Waals surface area contributed by atoms with Crippen LogP contribution in [0, 0.1) is 0 Å². The van der Waals surface area contributed by atoms with Crippen LogP contribution in [0.15, 0.2) is 42.5 Å². The molecule has 6 heteroatoms. The first-order chi connectivity index (χ1) is 17.1. The van der Waals surface area contributed by atoms with Crippen LogP contribution in [0.3, 0.4) is 0 Å². The summed E-state index contributed by atoms with van der Waals surface area (Å²) >= 11 is 0. The number of hydrogen-bond donors (Lipinski definition) is 1. The van der Waals surface area contributed by atoms with Crippen LogP contribution in [0.4, 0.5) is 0 Å². The predicted molar refractivity (Wildman–Crippen MR) is 138 cm³/mol. The Morgan fingerprint density at radius 3 is 2.09 bits per heavy atom. The molecule has 0 spiro atoms. The second-order valence-electron chi connectivity index (χ2n) is 9.57. The molecule has 0 saturated heterocycles. The van der Waals surface area contributed by atoms with Gasteiger partial charge in [-0.2, -0.15) is 0 Å². The van der Waals surface area contributed by atoms with E-state index in [0.29, 0.717) is 19.1 Å². The molecule has 0 amide bonds. The number of unbranched alkanes of at least 4 members (excludes halogenated alkanes) is 6. The summed E-state index contributed by atoms with van der Waals surface area (Å²) in [7, 11) is 3.24. The van der Waals surface area contributed by atoms with Gasteiger partial charge in [0.1, 0.15) is 17.2 Å². The van der Waals surface area contributed by atoms with Crippen molar-refractivity contribution in [3.8, 4) is 17.2 Å². The van der Waals surface area contributed by atoms with Crippen molar-refractivity contribution >= 4 is 0 Å². The highest BCUT2D eigenvalue weighted by Gasteiger charge is 2.42. The van der Waals surface area contributed by atoms with Crippen LogP contribution in [0.2, 0.25) is 0 Å². The summed E-state index contributed by atoms with van der Waals surface area (Å²) in [6, 6.07) is 14.5. The smallest absolute Gasteiger partial charge is 0.188 e. The Labute approximate surface area is 210 Å². The molecule has 35 heavy (non-hydrogen) atoms. The van der Waals surface area contributed by atoms with Gasteiger partial charge in [0.2, 0.25) is 0 Å². The van der Waals surface area contributed by atoms with Crippen LogP contribution in [0.5, 0.6) is 17.2 Å². The highest BCUT2D eigenvalue weighted by Crippen LogP contribution is 2.50. The van der Waals surface area contributed by atoms with E-state index in [-0.39, 0.29) is 19.0 Å². The molecule has 1 aliphatic heterocycles. The van der Waals surface area contributed by atoms with E-state index in [0.717, 1.165) is 36.5 Å². The van der Waals surface area contributed by atoms with Crippen molar-refractivity contribution in [2.24, 2.45) is 0 Å². The van der Waals surface area contributed by atoms with Gasteiger partial charge in [0.15, 0.2) is 13.6 Å². The lowest BCUT2D eigenvalue weighted by molar-refractivity contribution is 0.0505. The topological polar surface area (TPSA) is 66.4 Å². The molecule has 0 radical (unpaired) electrons. The zero-order chi connectivity index (χ0) is 24.9. The molecule has 2 atom stereocenters. The van der Waals surface area contributed by atoms with Gasteiger partial charge in [-0.25, -0.2) is 0 Å². The third-order valence-electron chi connectivity index (χ3n) is 7.01. The van der Waals surface area contributed by atoms with Crippen molar-refractivity contribution in [3.05, 3.63) is 53.6 Å². The fraction of sp³-hybridized carbons (Fsp3) is 0.586. The molecule has 0 unspecified atom stereocenters. The van der Waals surface area contributed by atoms with Crippen molar-refractivity contribution in [2.45, 2.75) is 69.6 Å². The van der Waals surface area contributed by atoms with E-state index in [2.05, 4.69) is 25.1 Å². The summed E-state index contributed by atoms with van der Waals surface area (Å²) in [5.74, 6) is 2.80. The Hall–Kier alpha value is -2.28. The van der Waals surface area contributed by atoms with Gasteiger partial charge in [0.25, 0.3) is 0 Å². The van der Waals surface area contributed by atoms with E-state index in [9.17, 15) is 0 Å². The predicted octanol–water partition coefficient (Wildman–Crippen LogP) is 6.20. The lowest BCUT2D eigenvalue weighted by atomic mass is 9.66. The van der Waals surface area contributed by atoms with Crippen LogP contribution in [0.25, 0.3) is 0 Å². The molecule has 6 nitrogen and oxygen atoms in total. The number of ether oxygens (including phenoxy) is 5. The minimum Gasteiger partial charge on any atom is -0.492 e. The van der Waals surface area contributed by atoms with Gasteiger partial charge in [0, 0.05) is 38.2 Å². The third-order valence-corrected chi connectivity index (χ3v) is 7.01. The number of aliphatic hydroxyl groups is 1. The molecule has 0 aliphatic carbocycles. The fourth-order valence-corrected chi connectivity index (χ4v) is 4.98. The summed E-state index contributed by atoms with van der Waals surface area (Å²) in [4.78, 5) is 0. The van der Waals surface area contributed by atoms with Crippen molar-refractivity contribution in [2.75, 3.05) is 41.0 Å². The fourth-order valence-electron chi connectivity index (χ4n) is 4.98. The molecule has 0 aromatic heterocycles. The maximum Gasteiger partial charge on any atom is 0.188 e. The van der Waals surface area contributed by atoms with Gasteiger partial charge in [-0.3, -0.25) is 0 Å². The average Bonchev–Trinajstić information content (AvgIpc) is 2.89. The van der Waals surface area contributed by atoms with Crippen molar-refractivity contribution in [1.82, 2.24) is 0 Å². The van der Waals surface area contributed by atoms with Crippen LogP contribution in [-0.4, -0.2) is 46.1 Å². The molecule has 3 rings (SSSR count). The summed E-state index contributed by atoms with van der Waals surface area (Å²) in [6.07, 6.45) is 9.24. The van der Waals surface area contributed by atoms with Gasteiger partial charge in [-0.1, -0.05) is 63.6 Å². The number of rotatable bonds is 16. The largest absolute Gasteiger partial charge is 0.492 e. The van der Waals surface area contributed by atoms with E-state index >= 15 is 0 Å². The first kappa shape index (κ1) is 27.3. The average molecular weight is 487 g/mol. The highest BCUT2D eigenvalue weighted by molar-refractivity contribution is 5.48. The van der Waals surface area contributed by atoms with Gasteiger partial charge < -0.3 is 28.8 Å². The summed E-state index contributed by atoms with van der Waals surface area (Å²) in [6.45, 7) is 3.69. The number of fused-ring (bicyclic) bond motifs is 1. The van der Waals surface area contributed by atoms with Gasteiger partial charge in [-0.05, 0) is 42.2 Å². The van der Waals surface area contributed by atoms with Crippen molar-refractivity contribution < 1.29 is 28.8 Å². The standard InChI is InChI=1S/C29H42O6/c1-29(23-12-14-24(15-13-23)34-21-31-2)20-33-28-19-25(35-22-32-3)16-17-26(28)27(29)11-9-7-5-4-6-8-10-18-30/h12-17,19,27,30H,4-11,18,20-22H2,1-3H3/t27-,29-/m1/s1. The molecular weight excluding hydrogens is 444 g/mol. The van der Waals surface area contributed by atoms with Crippen LogP contribution in [-0.2, 0) is 14.9 Å². The quantitative estimate of drug-likeness (QED) is 0.225. The Kier molecular flexibility index (Phi) is 11.2. The number of methoxy groups -OCH3 is 2. The van der Waals surface area contributed by atoms with E-state index in [1.165, 1.54) is 43.2 Å². The molecule has 1 aliphatic rings. The number of hydrogen-bond acceptors (Lipinski definition) is 6. The van der Waals surface area contributed by atoms with Crippen LogP contribution < -0.4 is 14.2 Å². The van der Waals surface area contributed by atoms with Gasteiger partial charge >= 0.3 is 0 Å². The van der Waals surface area contributed by atoms with Gasteiger partial charge in [0.05, 0.1) is 6.61 Å². The summed E-state index contributed by atoms with van der Waals surface area (Å²) < 4.78 is 27.6. The molecule has 0 fully saturated rings. The Bertz CT molecular complexity index is 868. The maximum absolute atomic E-state index is 8.95. The second kappa shape index (κ2) is 14.3. The van der Waals surface area contributed by atoms with E-state index < -0.39 is 0 Å². The van der Waals surface area contributed by atoms with E-state index in [4.69, 9.17) is 28.8 Å². The lowest BCUT2D eigenvalue weighted by Crippen LogP contribution is -2.40. The molecule has 1 N–H and O–H groups in total. The zero-order valence-corrected chi connectivity index (χ0v) is 21.6. The molecule has 1 heterocycles. The molecular formula is C29H42O6. The summed E-state index contributed by atoms with van der Waals surface area (Å²) in [5.41, 5.74) is 2.34. The molecule has 2 aromatic rings. The molecule has 0 bridgehead atoms. The van der Waals surface area contributed by atoms with Gasteiger partial charge in [-0.15, -0.1) is 0 Å².